The Kier molecular flexibility index (Phi) is 4.75. The van der Waals surface area contributed by atoms with Crippen molar-refractivity contribution in [1.82, 2.24) is 20.9 Å². The molecule has 3 heterocycles. The molecule has 0 radical (unpaired) electrons. The third kappa shape index (κ3) is 3.26. The van der Waals surface area contributed by atoms with E-state index in [0.717, 1.165) is 36.5 Å². The highest BCUT2D eigenvalue weighted by Gasteiger charge is 2.45. The highest BCUT2D eigenvalue weighted by Crippen LogP contribution is 2.29. The minimum atomic E-state index is -0.930. The van der Waals surface area contributed by atoms with Crippen molar-refractivity contribution in [1.29, 1.82) is 0 Å². The third-order valence-corrected chi connectivity index (χ3v) is 5.47. The van der Waals surface area contributed by atoms with Gasteiger partial charge in [-0.3, -0.25) is 29.4 Å². The van der Waals surface area contributed by atoms with Crippen LogP contribution in [0.5, 0.6) is 0 Å². The van der Waals surface area contributed by atoms with E-state index in [-0.39, 0.29) is 18.7 Å². The lowest BCUT2D eigenvalue weighted by Gasteiger charge is -2.27. The maximum Gasteiger partial charge on any atom is 0.262 e. The zero-order valence-corrected chi connectivity index (χ0v) is 14.9. The lowest BCUT2D eigenvalue weighted by atomic mass is 10.0. The molecule has 1 aromatic rings. The van der Waals surface area contributed by atoms with E-state index in [1.54, 1.807) is 12.1 Å². The van der Waals surface area contributed by atoms with Crippen LogP contribution in [-0.4, -0.2) is 54.2 Å². The van der Waals surface area contributed by atoms with Crippen molar-refractivity contribution in [3.05, 3.63) is 34.9 Å². The molecule has 0 aromatic heterocycles. The molecule has 3 N–H and O–H groups in total. The molecule has 3 aliphatic heterocycles. The maximum absolute atomic E-state index is 13.0. The van der Waals surface area contributed by atoms with Gasteiger partial charge in [0.1, 0.15) is 6.04 Å². The molecule has 0 saturated carbocycles. The number of benzene rings is 1. The maximum atomic E-state index is 13.0. The number of hydrogen-bond acceptors (Lipinski definition) is 6. The molecule has 0 aliphatic carbocycles. The molecule has 0 spiro atoms. The second kappa shape index (κ2) is 7.21. The molecule has 4 amide bonds. The summed E-state index contributed by atoms with van der Waals surface area (Å²) in [5.41, 5.74) is 1.45. The zero-order valence-electron chi connectivity index (χ0n) is 14.9. The van der Waals surface area contributed by atoms with E-state index >= 15 is 0 Å². The Balaban J connectivity index is 1.52. The largest absolute Gasteiger partial charge is 0.316 e. The van der Waals surface area contributed by atoms with Gasteiger partial charge in [-0.25, -0.2) is 0 Å². The summed E-state index contributed by atoms with van der Waals surface area (Å²) in [6.45, 7) is 3.35. The Hall–Kier alpha value is -2.58. The van der Waals surface area contributed by atoms with Crippen LogP contribution >= 0.6 is 0 Å². The Bertz CT molecular complexity index is 816. The fourth-order valence-corrected chi connectivity index (χ4v) is 4.03. The van der Waals surface area contributed by atoms with E-state index in [4.69, 9.17) is 0 Å². The minimum Gasteiger partial charge on any atom is -0.316 e. The van der Waals surface area contributed by atoms with Gasteiger partial charge < -0.3 is 10.6 Å². The van der Waals surface area contributed by atoms with Gasteiger partial charge in [-0.05, 0) is 50.0 Å². The highest BCUT2D eigenvalue weighted by molar-refractivity contribution is 6.24. The number of nitrogens with zero attached hydrogens (tertiary/aromatic N) is 1. The van der Waals surface area contributed by atoms with Crippen LogP contribution in [-0.2, 0) is 16.1 Å². The Morgan fingerprint density at radius 1 is 1.11 bits per heavy atom. The highest BCUT2D eigenvalue weighted by atomic mass is 16.2. The Morgan fingerprint density at radius 2 is 1.96 bits per heavy atom. The summed E-state index contributed by atoms with van der Waals surface area (Å²) in [6.07, 6.45) is 1.41. The first-order chi connectivity index (χ1) is 13.1. The average molecular weight is 370 g/mol. The molecule has 3 aliphatic rings. The van der Waals surface area contributed by atoms with Crippen molar-refractivity contribution in [2.24, 2.45) is 5.92 Å². The molecule has 2 saturated heterocycles. The molecule has 0 bridgehead atoms. The topological polar surface area (TPSA) is 108 Å². The van der Waals surface area contributed by atoms with E-state index in [0.29, 0.717) is 23.6 Å². The predicted octanol–water partition coefficient (Wildman–Crippen LogP) is -0.213. The molecule has 8 nitrogen and oxygen atoms in total. The molecule has 142 valence electrons. The van der Waals surface area contributed by atoms with Gasteiger partial charge in [0.2, 0.25) is 11.8 Å². The van der Waals surface area contributed by atoms with Crippen molar-refractivity contribution < 1.29 is 19.2 Å². The molecule has 27 heavy (non-hydrogen) atoms. The number of nitrogens with one attached hydrogen (secondary N) is 3. The molecule has 2 fully saturated rings. The lowest BCUT2D eigenvalue weighted by molar-refractivity contribution is -0.136. The lowest BCUT2D eigenvalue weighted by Crippen LogP contribution is -2.54. The molecule has 2 atom stereocenters. The van der Waals surface area contributed by atoms with E-state index in [2.05, 4.69) is 16.0 Å². The van der Waals surface area contributed by atoms with E-state index < -0.39 is 23.8 Å². The van der Waals surface area contributed by atoms with Crippen LogP contribution in [0.2, 0.25) is 0 Å². The predicted molar refractivity (Wildman–Crippen MR) is 95.8 cm³/mol. The van der Waals surface area contributed by atoms with Crippen LogP contribution in [0.25, 0.3) is 0 Å². The number of rotatable bonds is 5. The SMILES string of the molecule is O=C1CCC(N2C(=O)c3cccc(CNCC4CCNC4)c3C2=O)C(=O)N1. The van der Waals surface area contributed by atoms with Crippen molar-refractivity contribution in [3.8, 4) is 0 Å². The van der Waals surface area contributed by atoms with Gasteiger partial charge in [-0.2, -0.15) is 0 Å². The van der Waals surface area contributed by atoms with Crippen molar-refractivity contribution in [2.45, 2.75) is 31.8 Å². The van der Waals surface area contributed by atoms with Gasteiger partial charge >= 0.3 is 0 Å². The van der Waals surface area contributed by atoms with Crippen LogP contribution in [0.15, 0.2) is 18.2 Å². The smallest absolute Gasteiger partial charge is 0.262 e. The zero-order chi connectivity index (χ0) is 19.0. The number of piperidine rings is 1. The van der Waals surface area contributed by atoms with E-state index in [9.17, 15) is 19.2 Å². The van der Waals surface area contributed by atoms with Gasteiger partial charge in [-0.1, -0.05) is 12.1 Å². The van der Waals surface area contributed by atoms with Crippen molar-refractivity contribution in [2.75, 3.05) is 19.6 Å². The fourth-order valence-electron chi connectivity index (χ4n) is 4.03. The Labute approximate surface area is 156 Å². The minimum absolute atomic E-state index is 0.119. The van der Waals surface area contributed by atoms with Gasteiger partial charge in [0, 0.05) is 13.0 Å². The summed E-state index contributed by atoms with van der Waals surface area (Å²) in [4.78, 5) is 50.3. The van der Waals surface area contributed by atoms with Crippen LogP contribution < -0.4 is 16.0 Å². The summed E-state index contributed by atoms with van der Waals surface area (Å²) in [6, 6.07) is 4.27. The second-order valence-corrected chi connectivity index (χ2v) is 7.28. The van der Waals surface area contributed by atoms with Crippen LogP contribution in [0.1, 0.15) is 45.5 Å². The molecule has 2 unspecified atom stereocenters. The van der Waals surface area contributed by atoms with Gasteiger partial charge in [0.15, 0.2) is 0 Å². The second-order valence-electron chi connectivity index (χ2n) is 7.28. The third-order valence-electron chi connectivity index (χ3n) is 5.47. The number of imide groups is 2. The number of carbonyl (C=O) groups excluding carboxylic acids is 4. The van der Waals surface area contributed by atoms with Gasteiger partial charge in [-0.15, -0.1) is 0 Å². The summed E-state index contributed by atoms with van der Waals surface area (Å²) in [5.74, 6) is -1.32. The monoisotopic (exact) mass is 370 g/mol. The quantitative estimate of drug-likeness (QED) is 0.619. The fraction of sp³-hybridized carbons (Fsp3) is 0.474. The normalized spacial score (nSPS) is 25.1. The van der Waals surface area contributed by atoms with Crippen LogP contribution in [0, 0.1) is 5.92 Å². The summed E-state index contributed by atoms with van der Waals surface area (Å²) in [7, 11) is 0. The first-order valence-corrected chi connectivity index (χ1v) is 9.31. The average Bonchev–Trinajstić information content (AvgIpc) is 3.24. The first kappa shape index (κ1) is 17.8. The Morgan fingerprint density at radius 3 is 2.70 bits per heavy atom. The summed E-state index contributed by atoms with van der Waals surface area (Å²) < 4.78 is 0. The molecule has 4 rings (SSSR count). The standard InChI is InChI=1S/C19H22N4O4/c24-15-5-4-14(17(25)22-15)23-18(26)13-3-1-2-12(16(13)19(23)27)10-21-9-11-6-7-20-8-11/h1-3,11,14,20-21H,4-10H2,(H,22,24,25). The molecule has 1 aromatic carbocycles. The number of carbonyl (C=O) groups is 4. The van der Waals surface area contributed by atoms with E-state index in [1.165, 1.54) is 0 Å². The number of hydrogen-bond donors (Lipinski definition) is 3. The van der Waals surface area contributed by atoms with Crippen LogP contribution in [0.4, 0.5) is 0 Å². The first-order valence-electron chi connectivity index (χ1n) is 9.31. The number of fused-ring (bicyclic) bond motifs is 1. The van der Waals surface area contributed by atoms with Crippen LogP contribution in [0.3, 0.4) is 0 Å². The summed E-state index contributed by atoms with van der Waals surface area (Å²) >= 11 is 0. The molecular formula is C19H22N4O4. The van der Waals surface area contributed by atoms with E-state index in [1.807, 2.05) is 6.07 Å². The van der Waals surface area contributed by atoms with Crippen molar-refractivity contribution >= 4 is 23.6 Å². The molecular weight excluding hydrogens is 348 g/mol. The van der Waals surface area contributed by atoms with Crippen molar-refractivity contribution in [3.63, 3.8) is 0 Å². The summed E-state index contributed by atoms with van der Waals surface area (Å²) in [5, 5.41) is 8.90. The molecule has 8 heteroatoms. The van der Waals surface area contributed by atoms with Gasteiger partial charge in [0.25, 0.3) is 11.8 Å². The number of amides is 4. The van der Waals surface area contributed by atoms with Gasteiger partial charge in [0.05, 0.1) is 11.1 Å².